The van der Waals surface area contributed by atoms with Crippen molar-refractivity contribution in [3.63, 3.8) is 0 Å². The number of benzene rings is 1. The van der Waals surface area contributed by atoms with Crippen molar-refractivity contribution in [1.82, 2.24) is 0 Å². The summed E-state index contributed by atoms with van der Waals surface area (Å²) in [6.07, 6.45) is 1.55. The van der Waals surface area contributed by atoms with Gasteiger partial charge in [0.1, 0.15) is 0 Å². The summed E-state index contributed by atoms with van der Waals surface area (Å²) < 4.78 is 1.03. The zero-order valence-corrected chi connectivity index (χ0v) is 10.4. The van der Waals surface area contributed by atoms with Crippen LogP contribution in [0.4, 0.5) is 5.69 Å². The molecule has 1 N–H and O–H groups in total. The number of halogens is 1. The van der Waals surface area contributed by atoms with Crippen molar-refractivity contribution >= 4 is 34.2 Å². The number of nitrogens with one attached hydrogen (secondary N) is 1. The molecule has 0 unspecified atom stereocenters. The molecule has 3 heteroatoms. The summed E-state index contributed by atoms with van der Waals surface area (Å²) in [4.78, 5) is 11.4. The third kappa shape index (κ3) is 4.09. The van der Waals surface area contributed by atoms with Gasteiger partial charge in [0.05, 0.1) is 0 Å². The number of alkyl halides is 1. The number of hydrogen-bond donors (Lipinski definition) is 1. The largest absolute Gasteiger partial charge is 0.326 e. The van der Waals surface area contributed by atoms with Crippen LogP contribution in [0, 0.1) is 6.92 Å². The summed E-state index contributed by atoms with van der Waals surface area (Å²) in [5.41, 5.74) is 2.06. The van der Waals surface area contributed by atoms with Gasteiger partial charge in [-0.3, -0.25) is 4.79 Å². The maximum atomic E-state index is 11.4. The Morgan fingerprint density at radius 1 is 1.50 bits per heavy atom. The van der Waals surface area contributed by atoms with Crippen LogP contribution < -0.4 is 5.32 Å². The minimum atomic E-state index is 0.104. The molecule has 0 heterocycles. The Morgan fingerprint density at radius 3 is 2.93 bits per heavy atom. The maximum absolute atomic E-state index is 11.4. The molecule has 1 amide bonds. The minimum absolute atomic E-state index is 0.104. The Morgan fingerprint density at radius 2 is 2.29 bits per heavy atom. The van der Waals surface area contributed by atoms with Crippen molar-refractivity contribution in [2.45, 2.75) is 19.8 Å². The smallest absolute Gasteiger partial charge is 0.224 e. The molecule has 0 radical (unpaired) electrons. The van der Waals surface area contributed by atoms with Gasteiger partial charge in [-0.05, 0) is 31.0 Å². The summed E-state index contributed by atoms with van der Waals surface area (Å²) in [5.74, 6) is 0.104. The second-order valence-electron chi connectivity index (χ2n) is 3.21. The van der Waals surface area contributed by atoms with Gasteiger partial charge in [-0.25, -0.2) is 0 Å². The first-order chi connectivity index (χ1) is 6.72. The van der Waals surface area contributed by atoms with Crippen LogP contribution in [0.15, 0.2) is 24.3 Å². The van der Waals surface area contributed by atoms with Gasteiger partial charge in [0.15, 0.2) is 0 Å². The Balaban J connectivity index is 2.47. The normalized spacial score (nSPS) is 9.86. The number of rotatable bonds is 4. The van der Waals surface area contributed by atoms with Gasteiger partial charge in [0.25, 0.3) is 0 Å². The van der Waals surface area contributed by atoms with E-state index in [0.717, 1.165) is 22.1 Å². The van der Waals surface area contributed by atoms with Crippen molar-refractivity contribution in [2.24, 2.45) is 0 Å². The number of aryl methyl sites for hydroxylation is 1. The van der Waals surface area contributed by atoms with E-state index in [1.807, 2.05) is 31.2 Å². The molecule has 0 aliphatic carbocycles. The fourth-order valence-corrected chi connectivity index (χ4v) is 1.56. The van der Waals surface area contributed by atoms with E-state index in [2.05, 4.69) is 27.9 Å². The first-order valence-corrected chi connectivity index (χ1v) is 6.17. The second-order valence-corrected chi connectivity index (χ2v) is 4.29. The molecule has 2 nitrogen and oxygen atoms in total. The average molecular weight is 303 g/mol. The van der Waals surface area contributed by atoms with E-state index in [0.29, 0.717) is 6.42 Å². The lowest BCUT2D eigenvalue weighted by atomic mass is 10.2. The monoisotopic (exact) mass is 303 g/mol. The maximum Gasteiger partial charge on any atom is 0.224 e. The number of anilines is 1. The van der Waals surface area contributed by atoms with Crippen molar-refractivity contribution in [1.29, 1.82) is 0 Å². The van der Waals surface area contributed by atoms with Gasteiger partial charge in [0, 0.05) is 16.5 Å². The Labute approximate surface area is 98.2 Å². The predicted molar refractivity (Wildman–Crippen MR) is 67.9 cm³/mol. The number of amides is 1. The minimum Gasteiger partial charge on any atom is -0.326 e. The van der Waals surface area contributed by atoms with Crippen molar-refractivity contribution in [2.75, 3.05) is 9.74 Å². The first-order valence-electron chi connectivity index (χ1n) is 4.65. The molecule has 0 saturated carbocycles. The fraction of sp³-hybridized carbons (Fsp3) is 0.364. The van der Waals surface area contributed by atoms with Gasteiger partial charge < -0.3 is 5.32 Å². The lowest BCUT2D eigenvalue weighted by Gasteiger charge is -2.04. The van der Waals surface area contributed by atoms with Crippen LogP contribution in [0.2, 0.25) is 0 Å². The highest BCUT2D eigenvalue weighted by molar-refractivity contribution is 14.1. The highest BCUT2D eigenvalue weighted by Gasteiger charge is 2.00. The van der Waals surface area contributed by atoms with Crippen molar-refractivity contribution in [3.8, 4) is 0 Å². The molecule has 1 aromatic carbocycles. The van der Waals surface area contributed by atoms with Crippen LogP contribution in [-0.2, 0) is 4.79 Å². The van der Waals surface area contributed by atoms with Gasteiger partial charge in [-0.15, -0.1) is 0 Å². The third-order valence-electron chi connectivity index (χ3n) is 1.84. The summed E-state index contributed by atoms with van der Waals surface area (Å²) in [5, 5.41) is 2.88. The highest BCUT2D eigenvalue weighted by Crippen LogP contribution is 2.10. The molecule has 0 aliphatic heterocycles. The standard InChI is InChI=1S/C11H14INO/c1-9-4-2-5-10(8-9)13-11(14)6-3-7-12/h2,4-5,8H,3,6-7H2,1H3,(H,13,14). The summed E-state index contributed by atoms with van der Waals surface area (Å²) >= 11 is 2.28. The van der Waals surface area contributed by atoms with Gasteiger partial charge in [-0.1, -0.05) is 34.7 Å². The molecule has 0 aromatic heterocycles. The van der Waals surface area contributed by atoms with Crippen LogP contribution in [0.3, 0.4) is 0 Å². The van der Waals surface area contributed by atoms with E-state index in [1.54, 1.807) is 0 Å². The molecule has 0 saturated heterocycles. The van der Waals surface area contributed by atoms with Crippen LogP contribution in [0.25, 0.3) is 0 Å². The van der Waals surface area contributed by atoms with Crippen molar-refractivity contribution in [3.05, 3.63) is 29.8 Å². The van der Waals surface area contributed by atoms with Gasteiger partial charge >= 0.3 is 0 Å². The third-order valence-corrected chi connectivity index (χ3v) is 2.60. The van der Waals surface area contributed by atoms with E-state index in [9.17, 15) is 4.79 Å². The van der Waals surface area contributed by atoms with E-state index < -0.39 is 0 Å². The molecule has 0 fully saturated rings. The second kappa shape index (κ2) is 6.01. The van der Waals surface area contributed by atoms with Crippen LogP contribution in [0.5, 0.6) is 0 Å². The van der Waals surface area contributed by atoms with E-state index in [1.165, 1.54) is 0 Å². The van der Waals surface area contributed by atoms with Gasteiger partial charge in [0.2, 0.25) is 5.91 Å². The number of carbonyl (C=O) groups excluding carboxylic acids is 1. The summed E-state index contributed by atoms with van der Waals surface area (Å²) in [6, 6.07) is 7.85. The van der Waals surface area contributed by atoms with Crippen LogP contribution in [0.1, 0.15) is 18.4 Å². The fourth-order valence-electron chi connectivity index (χ4n) is 1.17. The zero-order valence-electron chi connectivity index (χ0n) is 8.22. The van der Waals surface area contributed by atoms with Gasteiger partial charge in [-0.2, -0.15) is 0 Å². The molecular formula is C11H14INO. The quantitative estimate of drug-likeness (QED) is 0.672. The van der Waals surface area contributed by atoms with E-state index in [4.69, 9.17) is 0 Å². The molecule has 0 bridgehead atoms. The lowest BCUT2D eigenvalue weighted by Crippen LogP contribution is -2.11. The number of carbonyl (C=O) groups is 1. The molecular weight excluding hydrogens is 289 g/mol. The van der Waals surface area contributed by atoms with Crippen LogP contribution in [-0.4, -0.2) is 10.3 Å². The summed E-state index contributed by atoms with van der Waals surface area (Å²) in [6.45, 7) is 2.01. The molecule has 1 rings (SSSR count). The zero-order chi connectivity index (χ0) is 10.4. The topological polar surface area (TPSA) is 29.1 Å². The lowest BCUT2D eigenvalue weighted by molar-refractivity contribution is -0.116. The predicted octanol–water partition coefficient (Wildman–Crippen LogP) is 3.15. The molecule has 1 aromatic rings. The molecule has 0 spiro atoms. The van der Waals surface area contributed by atoms with Crippen molar-refractivity contribution < 1.29 is 4.79 Å². The Kier molecular flexibility index (Phi) is 4.93. The molecule has 0 aliphatic rings. The first kappa shape index (κ1) is 11.5. The molecule has 76 valence electrons. The average Bonchev–Trinajstić information content (AvgIpc) is 2.15. The Hall–Kier alpha value is -0.580. The van der Waals surface area contributed by atoms with E-state index in [-0.39, 0.29) is 5.91 Å². The number of hydrogen-bond acceptors (Lipinski definition) is 1. The van der Waals surface area contributed by atoms with Crippen LogP contribution >= 0.6 is 22.6 Å². The molecule has 0 atom stereocenters. The SMILES string of the molecule is Cc1cccc(NC(=O)CCCI)c1. The highest BCUT2D eigenvalue weighted by atomic mass is 127. The summed E-state index contributed by atoms with van der Waals surface area (Å²) in [7, 11) is 0. The van der Waals surface area contributed by atoms with E-state index >= 15 is 0 Å². The Bertz CT molecular complexity index is 312. The molecule has 14 heavy (non-hydrogen) atoms.